The van der Waals surface area contributed by atoms with Crippen LogP contribution < -0.4 is 15.0 Å². The van der Waals surface area contributed by atoms with Gasteiger partial charge in [0.05, 0.1) is 13.2 Å². The number of benzene rings is 1. The normalized spacial score (nSPS) is 18.5. The average Bonchev–Trinajstić information content (AvgIpc) is 2.79. The van der Waals surface area contributed by atoms with E-state index in [9.17, 15) is 9.59 Å². The van der Waals surface area contributed by atoms with E-state index in [1.165, 1.54) is 0 Å². The third-order valence-electron chi connectivity index (χ3n) is 2.98. The molecule has 1 atom stereocenters. The first-order chi connectivity index (χ1) is 9.13. The highest BCUT2D eigenvalue weighted by Gasteiger charge is 2.31. The first kappa shape index (κ1) is 13.7. The fourth-order valence-electron chi connectivity index (χ4n) is 2.10. The van der Waals surface area contributed by atoms with E-state index in [-0.39, 0.29) is 23.7 Å². The number of nitrogens with one attached hydrogen (secondary N) is 1. The summed E-state index contributed by atoms with van der Waals surface area (Å²) in [6, 6.07) is 7.09. The van der Waals surface area contributed by atoms with Crippen molar-refractivity contribution in [3.8, 4) is 5.75 Å². The Morgan fingerprint density at radius 3 is 3.05 bits per heavy atom. The van der Waals surface area contributed by atoms with E-state index in [2.05, 4.69) is 5.32 Å². The maximum atomic E-state index is 12.0. The molecule has 0 unspecified atom stereocenters. The lowest BCUT2D eigenvalue weighted by molar-refractivity contribution is -0.119. The molecule has 1 heterocycles. The number of nitrogens with zero attached hydrogens (tertiary/aromatic N) is 1. The van der Waals surface area contributed by atoms with E-state index in [0.717, 1.165) is 5.69 Å². The molecule has 1 aliphatic heterocycles. The van der Waals surface area contributed by atoms with Crippen LogP contribution in [-0.4, -0.2) is 37.4 Å². The molecule has 2 amide bonds. The van der Waals surface area contributed by atoms with Crippen LogP contribution in [0.5, 0.6) is 5.75 Å². The van der Waals surface area contributed by atoms with Crippen LogP contribution >= 0.6 is 11.6 Å². The van der Waals surface area contributed by atoms with Crippen LogP contribution in [0.2, 0.25) is 0 Å². The Balaban J connectivity index is 2.08. The van der Waals surface area contributed by atoms with Crippen molar-refractivity contribution >= 4 is 29.1 Å². The zero-order valence-electron chi connectivity index (χ0n) is 10.6. The molecule has 102 valence electrons. The van der Waals surface area contributed by atoms with Crippen molar-refractivity contribution in [2.45, 2.75) is 12.5 Å². The summed E-state index contributed by atoms with van der Waals surface area (Å²) in [5.74, 6) is 0.322. The van der Waals surface area contributed by atoms with Crippen molar-refractivity contribution < 1.29 is 14.3 Å². The van der Waals surface area contributed by atoms with Gasteiger partial charge in [-0.05, 0) is 12.1 Å². The number of halogens is 1. The summed E-state index contributed by atoms with van der Waals surface area (Å²) in [5.41, 5.74) is 0.770. The van der Waals surface area contributed by atoms with Crippen LogP contribution in [0.25, 0.3) is 0 Å². The molecule has 1 saturated heterocycles. The lowest BCUT2D eigenvalue weighted by Crippen LogP contribution is -2.37. The summed E-state index contributed by atoms with van der Waals surface area (Å²) in [6.45, 7) is 0.453. The van der Waals surface area contributed by atoms with E-state index in [0.29, 0.717) is 18.7 Å². The zero-order valence-corrected chi connectivity index (χ0v) is 11.3. The van der Waals surface area contributed by atoms with E-state index >= 15 is 0 Å². The first-order valence-corrected chi connectivity index (χ1v) is 6.47. The second-order valence-corrected chi connectivity index (χ2v) is 4.58. The van der Waals surface area contributed by atoms with Gasteiger partial charge in [0.15, 0.2) is 0 Å². The molecule has 1 N–H and O–H groups in total. The number of rotatable bonds is 4. The van der Waals surface area contributed by atoms with Gasteiger partial charge in [0.25, 0.3) is 0 Å². The predicted octanol–water partition coefficient (Wildman–Crippen LogP) is 1.16. The Hall–Kier alpha value is -1.75. The summed E-state index contributed by atoms with van der Waals surface area (Å²) in [4.78, 5) is 24.8. The van der Waals surface area contributed by atoms with Gasteiger partial charge in [-0.15, -0.1) is 11.6 Å². The van der Waals surface area contributed by atoms with E-state index in [1.807, 2.05) is 18.2 Å². The molecule has 1 aromatic rings. The van der Waals surface area contributed by atoms with E-state index < -0.39 is 0 Å². The topological polar surface area (TPSA) is 58.6 Å². The average molecular weight is 283 g/mol. The Bertz CT molecular complexity index is 493. The lowest BCUT2D eigenvalue weighted by Gasteiger charge is -2.17. The molecule has 19 heavy (non-hydrogen) atoms. The molecule has 0 aromatic heterocycles. The Kier molecular flexibility index (Phi) is 4.27. The number of carbonyl (C=O) groups is 2. The van der Waals surface area contributed by atoms with E-state index in [4.69, 9.17) is 16.3 Å². The largest absolute Gasteiger partial charge is 0.497 e. The lowest BCUT2D eigenvalue weighted by atomic mass is 10.2. The van der Waals surface area contributed by atoms with Gasteiger partial charge in [-0.3, -0.25) is 9.59 Å². The van der Waals surface area contributed by atoms with Gasteiger partial charge in [-0.2, -0.15) is 0 Å². The Morgan fingerprint density at radius 1 is 1.58 bits per heavy atom. The Labute approximate surface area is 116 Å². The number of hydrogen-bond acceptors (Lipinski definition) is 3. The maximum Gasteiger partial charge on any atom is 0.235 e. The SMILES string of the molecule is COc1cccc(N2C[C@@H](NC(=O)CCl)CC2=O)c1. The minimum Gasteiger partial charge on any atom is -0.497 e. The molecule has 6 heteroatoms. The van der Waals surface area contributed by atoms with Crippen molar-refractivity contribution in [3.05, 3.63) is 24.3 Å². The van der Waals surface area contributed by atoms with Crippen LogP contribution in [-0.2, 0) is 9.59 Å². The minimum absolute atomic E-state index is 0.0203. The van der Waals surface area contributed by atoms with Gasteiger partial charge < -0.3 is 15.0 Å². The van der Waals surface area contributed by atoms with Crippen LogP contribution in [0.1, 0.15) is 6.42 Å². The summed E-state index contributed by atoms with van der Waals surface area (Å²) in [5, 5.41) is 2.72. The fourth-order valence-corrected chi connectivity index (χ4v) is 2.18. The van der Waals surface area contributed by atoms with Gasteiger partial charge in [-0.25, -0.2) is 0 Å². The van der Waals surface area contributed by atoms with Crippen LogP contribution in [0.15, 0.2) is 24.3 Å². The van der Waals surface area contributed by atoms with Crippen molar-refractivity contribution in [1.82, 2.24) is 5.32 Å². The molecule has 2 rings (SSSR count). The van der Waals surface area contributed by atoms with Gasteiger partial charge in [-0.1, -0.05) is 6.07 Å². The molecule has 0 bridgehead atoms. The fraction of sp³-hybridized carbons (Fsp3) is 0.385. The molecule has 0 aliphatic carbocycles. The van der Waals surface area contributed by atoms with Gasteiger partial charge in [0.2, 0.25) is 11.8 Å². The molecular weight excluding hydrogens is 268 g/mol. The number of hydrogen-bond donors (Lipinski definition) is 1. The van der Waals surface area contributed by atoms with Crippen molar-refractivity contribution in [2.24, 2.45) is 0 Å². The summed E-state index contributed by atoms with van der Waals surface area (Å²) >= 11 is 5.43. The quantitative estimate of drug-likeness (QED) is 0.843. The molecule has 0 radical (unpaired) electrons. The number of alkyl halides is 1. The van der Waals surface area contributed by atoms with Crippen molar-refractivity contribution in [3.63, 3.8) is 0 Å². The van der Waals surface area contributed by atoms with E-state index in [1.54, 1.807) is 18.1 Å². The number of methoxy groups -OCH3 is 1. The Morgan fingerprint density at radius 2 is 2.37 bits per heavy atom. The smallest absolute Gasteiger partial charge is 0.235 e. The third-order valence-corrected chi connectivity index (χ3v) is 3.22. The van der Waals surface area contributed by atoms with Crippen molar-refractivity contribution in [1.29, 1.82) is 0 Å². The number of anilines is 1. The first-order valence-electron chi connectivity index (χ1n) is 5.93. The molecule has 0 saturated carbocycles. The molecule has 1 aliphatic rings. The summed E-state index contributed by atoms with van der Waals surface area (Å²) in [7, 11) is 1.58. The maximum absolute atomic E-state index is 12.0. The standard InChI is InChI=1S/C13H15ClN2O3/c1-19-11-4-2-3-10(6-11)16-8-9(5-13(16)18)15-12(17)7-14/h2-4,6,9H,5,7-8H2,1H3,(H,15,17)/t9-/m0/s1. The molecule has 0 spiro atoms. The van der Waals surface area contributed by atoms with Crippen LogP contribution in [0, 0.1) is 0 Å². The zero-order chi connectivity index (χ0) is 13.8. The third kappa shape index (κ3) is 3.17. The minimum atomic E-state index is -0.257. The highest BCUT2D eigenvalue weighted by Crippen LogP contribution is 2.25. The van der Waals surface area contributed by atoms with Gasteiger partial charge in [0, 0.05) is 24.7 Å². The number of carbonyl (C=O) groups excluding carboxylic acids is 2. The molecule has 1 fully saturated rings. The second-order valence-electron chi connectivity index (χ2n) is 4.31. The molecule has 1 aromatic carbocycles. The molecular formula is C13H15ClN2O3. The van der Waals surface area contributed by atoms with Crippen molar-refractivity contribution in [2.75, 3.05) is 24.4 Å². The van der Waals surface area contributed by atoms with Gasteiger partial charge in [0.1, 0.15) is 11.6 Å². The number of amides is 2. The monoisotopic (exact) mass is 282 g/mol. The summed E-state index contributed by atoms with van der Waals surface area (Å²) in [6.07, 6.45) is 0.292. The summed E-state index contributed by atoms with van der Waals surface area (Å²) < 4.78 is 5.13. The highest BCUT2D eigenvalue weighted by molar-refractivity contribution is 6.27. The van der Waals surface area contributed by atoms with Crippen LogP contribution in [0.4, 0.5) is 5.69 Å². The molecule has 5 nitrogen and oxygen atoms in total. The highest BCUT2D eigenvalue weighted by atomic mass is 35.5. The van der Waals surface area contributed by atoms with Gasteiger partial charge >= 0.3 is 0 Å². The number of ether oxygens (including phenoxy) is 1. The second kappa shape index (κ2) is 5.93. The van der Waals surface area contributed by atoms with Crippen LogP contribution in [0.3, 0.4) is 0 Å². The predicted molar refractivity (Wildman–Crippen MR) is 72.6 cm³/mol.